The number of nitrogens with one attached hydrogen (secondary N) is 2. The van der Waals surface area contributed by atoms with Crippen molar-refractivity contribution in [2.75, 3.05) is 30.9 Å². The van der Waals surface area contributed by atoms with Crippen LogP contribution < -0.4 is 16.6 Å². The zero-order valence-corrected chi connectivity index (χ0v) is 12.9. The van der Waals surface area contributed by atoms with E-state index in [-0.39, 0.29) is 0 Å². The van der Waals surface area contributed by atoms with Gasteiger partial charge in [-0.1, -0.05) is 13.8 Å². The molecule has 112 valence electrons. The smallest absolute Gasteiger partial charge is 0.148 e. The van der Waals surface area contributed by atoms with Gasteiger partial charge in [0.05, 0.1) is 0 Å². The Morgan fingerprint density at radius 2 is 2.05 bits per heavy atom. The Bertz CT molecular complexity index is 461. The number of nitrogens with two attached hydrogens (primary N) is 1. The Morgan fingerprint density at radius 1 is 1.35 bits per heavy atom. The van der Waals surface area contributed by atoms with E-state index >= 15 is 0 Å². The molecule has 1 fully saturated rings. The van der Waals surface area contributed by atoms with Gasteiger partial charge in [-0.3, -0.25) is 0 Å². The predicted octanol–water partition coefficient (Wildman–Crippen LogP) is 1.39. The topological polar surface area (TPSA) is 79.1 Å². The summed E-state index contributed by atoms with van der Waals surface area (Å²) in [7, 11) is 2.17. The third kappa shape index (κ3) is 3.19. The van der Waals surface area contributed by atoms with Crippen LogP contribution in [0, 0.1) is 12.8 Å². The summed E-state index contributed by atoms with van der Waals surface area (Å²) in [5, 5.41) is 3.60. The molecule has 0 amide bonds. The number of nitrogens with zero attached hydrogens (tertiary/aromatic N) is 3. The van der Waals surface area contributed by atoms with E-state index in [9.17, 15) is 0 Å². The van der Waals surface area contributed by atoms with Crippen molar-refractivity contribution in [3.63, 3.8) is 0 Å². The molecule has 6 nitrogen and oxygen atoms in total. The van der Waals surface area contributed by atoms with Gasteiger partial charge in [-0.2, -0.15) is 0 Å². The maximum Gasteiger partial charge on any atom is 0.148 e. The van der Waals surface area contributed by atoms with Crippen LogP contribution in [-0.4, -0.2) is 41.0 Å². The number of piperidine rings is 1. The molecule has 1 aliphatic heterocycles. The Labute approximate surface area is 121 Å². The highest BCUT2D eigenvalue weighted by Gasteiger charge is 2.25. The molecule has 1 aromatic rings. The van der Waals surface area contributed by atoms with E-state index in [0.29, 0.717) is 17.8 Å². The van der Waals surface area contributed by atoms with Gasteiger partial charge < -0.3 is 15.6 Å². The zero-order chi connectivity index (χ0) is 14.7. The fourth-order valence-electron chi connectivity index (χ4n) is 2.75. The van der Waals surface area contributed by atoms with E-state index in [2.05, 4.69) is 39.6 Å². The molecular weight excluding hydrogens is 252 g/mol. The van der Waals surface area contributed by atoms with E-state index in [1.54, 1.807) is 0 Å². The van der Waals surface area contributed by atoms with Crippen molar-refractivity contribution in [2.24, 2.45) is 11.8 Å². The molecule has 2 atom stereocenters. The first-order valence-corrected chi connectivity index (χ1v) is 7.34. The van der Waals surface area contributed by atoms with Crippen LogP contribution in [0.4, 0.5) is 11.6 Å². The lowest BCUT2D eigenvalue weighted by Crippen LogP contribution is -2.43. The van der Waals surface area contributed by atoms with Crippen molar-refractivity contribution in [3.8, 4) is 0 Å². The number of aromatic nitrogens is 2. The first-order valence-electron chi connectivity index (χ1n) is 7.34. The molecule has 2 unspecified atom stereocenters. The van der Waals surface area contributed by atoms with Crippen LogP contribution in [0.25, 0.3) is 0 Å². The molecular formula is C14H26N6. The first-order chi connectivity index (χ1) is 9.55. The number of hydrogen-bond acceptors (Lipinski definition) is 6. The minimum atomic E-state index is 0.454. The first kappa shape index (κ1) is 15.0. The second-order valence-electron chi connectivity index (χ2n) is 5.74. The summed E-state index contributed by atoms with van der Waals surface area (Å²) in [5.74, 6) is 8.58. The monoisotopic (exact) mass is 278 g/mol. The second-order valence-corrected chi connectivity index (χ2v) is 5.74. The van der Waals surface area contributed by atoms with Gasteiger partial charge in [-0.25, -0.2) is 15.8 Å². The van der Waals surface area contributed by atoms with Gasteiger partial charge in [0.1, 0.15) is 17.5 Å². The Morgan fingerprint density at radius 3 is 2.65 bits per heavy atom. The lowest BCUT2D eigenvalue weighted by Gasteiger charge is -2.35. The van der Waals surface area contributed by atoms with E-state index in [1.165, 1.54) is 0 Å². The van der Waals surface area contributed by atoms with Gasteiger partial charge >= 0.3 is 0 Å². The SMILES string of the molecule is CCc1nc(NN)c(C)c(NC2CCN(C)CC2C)n1. The highest BCUT2D eigenvalue weighted by Crippen LogP contribution is 2.24. The van der Waals surface area contributed by atoms with Gasteiger partial charge in [-0.05, 0) is 32.9 Å². The molecule has 0 aromatic carbocycles. The summed E-state index contributed by atoms with van der Waals surface area (Å²) in [6.07, 6.45) is 1.93. The third-order valence-electron chi connectivity index (χ3n) is 4.08. The Balaban J connectivity index is 2.20. The standard InChI is InChI=1S/C14H26N6/c1-5-12-17-13(10(3)14(18-12)19-15)16-11-6-7-20(4)8-9(11)2/h9,11H,5-8,15H2,1-4H3,(H2,16,17,18,19). The number of hydrogen-bond donors (Lipinski definition) is 3. The van der Waals surface area contributed by atoms with Crippen molar-refractivity contribution >= 4 is 11.6 Å². The predicted molar refractivity (Wildman–Crippen MR) is 82.6 cm³/mol. The van der Waals surface area contributed by atoms with E-state index in [0.717, 1.165) is 43.1 Å². The molecule has 4 N–H and O–H groups in total. The van der Waals surface area contributed by atoms with Crippen LogP contribution in [-0.2, 0) is 6.42 Å². The average molecular weight is 278 g/mol. The molecule has 20 heavy (non-hydrogen) atoms. The molecule has 0 aliphatic carbocycles. The number of nitrogen functional groups attached to an aromatic ring is 1. The maximum absolute atomic E-state index is 5.55. The minimum Gasteiger partial charge on any atom is -0.367 e. The maximum atomic E-state index is 5.55. The van der Waals surface area contributed by atoms with E-state index < -0.39 is 0 Å². The summed E-state index contributed by atoms with van der Waals surface area (Å²) in [5.41, 5.74) is 3.65. The van der Waals surface area contributed by atoms with Gasteiger partial charge in [0.2, 0.25) is 0 Å². The largest absolute Gasteiger partial charge is 0.367 e. The summed E-state index contributed by atoms with van der Waals surface area (Å²) in [6, 6.07) is 0.454. The highest BCUT2D eigenvalue weighted by molar-refractivity contribution is 5.57. The number of hydrazine groups is 1. The lowest BCUT2D eigenvalue weighted by molar-refractivity contribution is 0.206. The number of aryl methyl sites for hydroxylation is 1. The number of anilines is 2. The summed E-state index contributed by atoms with van der Waals surface area (Å²) < 4.78 is 0. The quantitative estimate of drug-likeness (QED) is 0.570. The Hall–Kier alpha value is -1.40. The average Bonchev–Trinajstić information content (AvgIpc) is 2.43. The van der Waals surface area contributed by atoms with Gasteiger partial charge in [0.15, 0.2) is 0 Å². The number of likely N-dealkylation sites (tertiary alicyclic amines) is 1. The molecule has 0 saturated carbocycles. The van der Waals surface area contributed by atoms with Crippen molar-refractivity contribution < 1.29 is 0 Å². The van der Waals surface area contributed by atoms with Gasteiger partial charge in [0, 0.05) is 24.6 Å². The fraction of sp³-hybridized carbons (Fsp3) is 0.714. The summed E-state index contributed by atoms with van der Waals surface area (Å²) >= 11 is 0. The van der Waals surface area contributed by atoms with Crippen molar-refractivity contribution in [2.45, 2.75) is 39.7 Å². The molecule has 1 saturated heterocycles. The summed E-state index contributed by atoms with van der Waals surface area (Å²) in [6.45, 7) is 8.56. The molecule has 0 bridgehead atoms. The fourth-order valence-corrected chi connectivity index (χ4v) is 2.75. The molecule has 1 aliphatic rings. The van der Waals surface area contributed by atoms with Crippen molar-refractivity contribution in [1.82, 2.24) is 14.9 Å². The van der Waals surface area contributed by atoms with Crippen LogP contribution >= 0.6 is 0 Å². The zero-order valence-electron chi connectivity index (χ0n) is 12.9. The van der Waals surface area contributed by atoms with E-state index in [1.807, 2.05) is 13.8 Å². The van der Waals surface area contributed by atoms with Crippen molar-refractivity contribution in [1.29, 1.82) is 0 Å². The van der Waals surface area contributed by atoms with Crippen molar-refractivity contribution in [3.05, 3.63) is 11.4 Å². The lowest BCUT2D eigenvalue weighted by atomic mass is 9.94. The molecule has 2 rings (SSSR count). The normalized spacial score (nSPS) is 23.6. The molecule has 2 heterocycles. The highest BCUT2D eigenvalue weighted by atomic mass is 15.3. The minimum absolute atomic E-state index is 0.454. The van der Waals surface area contributed by atoms with Crippen LogP contribution in [0.3, 0.4) is 0 Å². The van der Waals surface area contributed by atoms with Gasteiger partial charge in [0.25, 0.3) is 0 Å². The second kappa shape index (κ2) is 6.37. The van der Waals surface area contributed by atoms with Crippen LogP contribution in [0.1, 0.15) is 31.7 Å². The van der Waals surface area contributed by atoms with Crippen LogP contribution in [0.5, 0.6) is 0 Å². The molecule has 1 aromatic heterocycles. The molecule has 0 radical (unpaired) electrons. The number of rotatable bonds is 4. The molecule has 0 spiro atoms. The summed E-state index contributed by atoms with van der Waals surface area (Å²) in [4.78, 5) is 11.4. The van der Waals surface area contributed by atoms with Crippen LogP contribution in [0.2, 0.25) is 0 Å². The van der Waals surface area contributed by atoms with E-state index in [4.69, 9.17) is 5.84 Å². The van der Waals surface area contributed by atoms with Crippen LogP contribution in [0.15, 0.2) is 0 Å². The van der Waals surface area contributed by atoms with Gasteiger partial charge in [-0.15, -0.1) is 0 Å². The third-order valence-corrected chi connectivity index (χ3v) is 4.08. The Kier molecular flexibility index (Phi) is 4.77. The molecule has 6 heteroatoms.